The van der Waals surface area contributed by atoms with Gasteiger partial charge in [-0.25, -0.2) is 8.42 Å². The molecule has 168 valence electrons. The first kappa shape index (κ1) is 23.4. The first-order chi connectivity index (χ1) is 15.3. The zero-order chi connectivity index (χ0) is 23.1. The summed E-state index contributed by atoms with van der Waals surface area (Å²) < 4.78 is 38.4. The number of ether oxygens (including phenoxy) is 2. The molecule has 1 atom stereocenters. The predicted octanol–water partition coefficient (Wildman–Crippen LogP) is 4.41. The Kier molecular flexibility index (Phi) is 7.61. The average molecular weight is 475 g/mol. The Morgan fingerprint density at radius 1 is 1.00 bits per heavy atom. The summed E-state index contributed by atoms with van der Waals surface area (Å²) in [7, 11) is -2.25. The van der Waals surface area contributed by atoms with Gasteiger partial charge in [-0.2, -0.15) is 0 Å². The van der Waals surface area contributed by atoms with Crippen molar-refractivity contribution >= 4 is 33.2 Å². The second kappa shape index (κ2) is 10.4. The highest BCUT2D eigenvalue weighted by molar-refractivity contribution is 7.92. The zero-order valence-electron chi connectivity index (χ0n) is 17.5. The number of anilines is 1. The molecule has 0 radical (unpaired) electrons. The number of benzene rings is 3. The van der Waals surface area contributed by atoms with Gasteiger partial charge in [-0.1, -0.05) is 48.0 Å². The van der Waals surface area contributed by atoms with E-state index in [0.717, 1.165) is 5.56 Å². The van der Waals surface area contributed by atoms with Gasteiger partial charge < -0.3 is 14.8 Å². The third-order valence-corrected chi connectivity index (χ3v) is 6.26. The van der Waals surface area contributed by atoms with Crippen LogP contribution >= 0.6 is 11.6 Å². The van der Waals surface area contributed by atoms with Crippen LogP contribution in [0.3, 0.4) is 0 Å². The molecular weight excluding hydrogens is 452 g/mol. The number of methoxy groups -OCH3 is 1. The maximum atomic E-state index is 12.6. The number of amides is 1. The molecule has 9 heteroatoms. The smallest absolute Gasteiger partial charge is 0.261 e. The standard InChI is InChI=1S/C23H23ClN2O5S/c1-16(19-10-6-7-11-21(19)30-2)25-23(27)15-31-22-13-12-18(14-20(22)24)32(28,29)26-17-8-4-3-5-9-17/h3-14,16,26H,15H2,1-2H3,(H,25,27)/t16-/m1/s1. The van der Waals surface area contributed by atoms with Crippen molar-refractivity contribution in [3.05, 3.63) is 83.4 Å². The van der Waals surface area contributed by atoms with Crippen molar-refractivity contribution in [1.29, 1.82) is 0 Å². The van der Waals surface area contributed by atoms with E-state index in [1.165, 1.54) is 18.2 Å². The molecule has 3 rings (SSSR count). The minimum Gasteiger partial charge on any atom is -0.496 e. The van der Waals surface area contributed by atoms with Crippen LogP contribution in [0.4, 0.5) is 5.69 Å². The van der Waals surface area contributed by atoms with Gasteiger partial charge in [0.1, 0.15) is 11.5 Å². The summed E-state index contributed by atoms with van der Waals surface area (Å²) in [5.74, 6) is 0.512. The summed E-state index contributed by atoms with van der Waals surface area (Å²) in [6.45, 7) is 1.55. The number of nitrogens with one attached hydrogen (secondary N) is 2. The monoisotopic (exact) mass is 474 g/mol. The van der Waals surface area contributed by atoms with E-state index >= 15 is 0 Å². The summed E-state index contributed by atoms with van der Waals surface area (Å²) in [5, 5.41) is 2.91. The zero-order valence-corrected chi connectivity index (χ0v) is 19.1. The number of sulfonamides is 1. The van der Waals surface area contributed by atoms with Crippen LogP contribution in [0.5, 0.6) is 11.5 Å². The minimum atomic E-state index is -3.82. The molecule has 0 aromatic heterocycles. The molecule has 0 aliphatic rings. The van der Waals surface area contributed by atoms with Gasteiger partial charge in [0.2, 0.25) is 0 Å². The Morgan fingerprint density at radius 2 is 1.69 bits per heavy atom. The van der Waals surface area contributed by atoms with Gasteiger partial charge in [0.05, 0.1) is 23.1 Å². The molecule has 2 N–H and O–H groups in total. The normalized spacial score (nSPS) is 12.0. The highest BCUT2D eigenvalue weighted by Gasteiger charge is 2.18. The van der Waals surface area contributed by atoms with Crippen LogP contribution in [0.1, 0.15) is 18.5 Å². The van der Waals surface area contributed by atoms with E-state index in [0.29, 0.717) is 11.4 Å². The lowest BCUT2D eigenvalue weighted by molar-refractivity contribution is -0.123. The average Bonchev–Trinajstić information content (AvgIpc) is 2.78. The summed E-state index contributed by atoms with van der Waals surface area (Å²) in [4.78, 5) is 12.3. The largest absolute Gasteiger partial charge is 0.496 e. The Hall–Kier alpha value is -3.23. The molecule has 32 heavy (non-hydrogen) atoms. The first-order valence-electron chi connectivity index (χ1n) is 9.72. The van der Waals surface area contributed by atoms with E-state index in [2.05, 4.69) is 10.0 Å². The number of hydrogen-bond donors (Lipinski definition) is 2. The van der Waals surface area contributed by atoms with Crippen LogP contribution in [0.15, 0.2) is 77.7 Å². The Morgan fingerprint density at radius 3 is 2.38 bits per heavy atom. The summed E-state index contributed by atoms with van der Waals surface area (Å²) >= 11 is 6.20. The fourth-order valence-electron chi connectivity index (χ4n) is 3.01. The molecule has 3 aromatic carbocycles. The third kappa shape index (κ3) is 5.93. The van der Waals surface area contributed by atoms with Crippen molar-refractivity contribution in [1.82, 2.24) is 5.32 Å². The maximum absolute atomic E-state index is 12.6. The molecule has 7 nitrogen and oxygen atoms in total. The van der Waals surface area contributed by atoms with E-state index < -0.39 is 10.0 Å². The van der Waals surface area contributed by atoms with Crippen molar-refractivity contribution in [2.75, 3.05) is 18.4 Å². The fraction of sp³-hybridized carbons (Fsp3) is 0.174. The van der Waals surface area contributed by atoms with Crippen LogP contribution in [0.25, 0.3) is 0 Å². The number of carbonyl (C=O) groups excluding carboxylic acids is 1. The van der Waals surface area contributed by atoms with Crippen LogP contribution < -0.4 is 19.5 Å². The van der Waals surface area contributed by atoms with Gasteiger partial charge in [0.15, 0.2) is 6.61 Å². The van der Waals surface area contributed by atoms with Crippen molar-refractivity contribution in [3.63, 3.8) is 0 Å². The second-order valence-electron chi connectivity index (χ2n) is 6.88. The quantitative estimate of drug-likeness (QED) is 0.479. The molecule has 0 bridgehead atoms. The first-order valence-corrected chi connectivity index (χ1v) is 11.6. The predicted molar refractivity (Wildman–Crippen MR) is 124 cm³/mol. The van der Waals surface area contributed by atoms with Crippen molar-refractivity contribution < 1.29 is 22.7 Å². The minimum absolute atomic E-state index is 0.0204. The maximum Gasteiger partial charge on any atom is 0.261 e. The Bertz CT molecular complexity index is 1190. The molecule has 0 saturated carbocycles. The van der Waals surface area contributed by atoms with E-state index in [-0.39, 0.29) is 34.2 Å². The molecule has 0 aliphatic carbocycles. The second-order valence-corrected chi connectivity index (χ2v) is 8.97. The summed E-state index contributed by atoms with van der Waals surface area (Å²) in [5.41, 5.74) is 1.27. The van der Waals surface area contributed by atoms with Gasteiger partial charge in [-0.15, -0.1) is 0 Å². The fourth-order valence-corrected chi connectivity index (χ4v) is 4.40. The van der Waals surface area contributed by atoms with Gasteiger partial charge in [-0.3, -0.25) is 9.52 Å². The Labute approximate surface area is 192 Å². The van der Waals surface area contributed by atoms with Crippen molar-refractivity contribution in [3.8, 4) is 11.5 Å². The molecule has 3 aromatic rings. The summed E-state index contributed by atoms with van der Waals surface area (Å²) in [6.07, 6.45) is 0. The van der Waals surface area contributed by atoms with Crippen molar-refractivity contribution in [2.24, 2.45) is 0 Å². The number of rotatable bonds is 9. The van der Waals surface area contributed by atoms with Gasteiger partial charge in [0.25, 0.3) is 15.9 Å². The number of hydrogen-bond acceptors (Lipinski definition) is 5. The van der Waals surface area contributed by atoms with E-state index in [9.17, 15) is 13.2 Å². The number of halogens is 1. The van der Waals surface area contributed by atoms with Crippen LogP contribution in [-0.4, -0.2) is 28.0 Å². The lowest BCUT2D eigenvalue weighted by atomic mass is 10.1. The van der Waals surface area contributed by atoms with Gasteiger partial charge in [-0.05, 0) is 43.3 Å². The number of para-hydroxylation sites is 2. The van der Waals surface area contributed by atoms with Crippen molar-refractivity contribution in [2.45, 2.75) is 17.9 Å². The molecule has 0 fully saturated rings. The number of carbonyl (C=O) groups is 1. The Balaban J connectivity index is 1.61. The van der Waals surface area contributed by atoms with Gasteiger partial charge >= 0.3 is 0 Å². The van der Waals surface area contributed by atoms with Crippen LogP contribution in [-0.2, 0) is 14.8 Å². The molecule has 0 spiro atoms. The van der Waals surface area contributed by atoms with Gasteiger partial charge in [0, 0.05) is 11.3 Å². The molecule has 0 aliphatic heterocycles. The lowest BCUT2D eigenvalue weighted by Gasteiger charge is -2.17. The molecule has 1 amide bonds. The highest BCUT2D eigenvalue weighted by Crippen LogP contribution is 2.28. The van der Waals surface area contributed by atoms with Crippen LogP contribution in [0.2, 0.25) is 5.02 Å². The summed E-state index contributed by atoms with van der Waals surface area (Å²) in [6, 6.07) is 19.7. The lowest BCUT2D eigenvalue weighted by Crippen LogP contribution is -2.31. The van der Waals surface area contributed by atoms with E-state index in [4.69, 9.17) is 21.1 Å². The highest BCUT2D eigenvalue weighted by atomic mass is 35.5. The molecular formula is C23H23ClN2O5S. The van der Waals surface area contributed by atoms with Crippen LogP contribution in [0, 0.1) is 0 Å². The van der Waals surface area contributed by atoms with E-state index in [1.54, 1.807) is 37.4 Å². The SMILES string of the molecule is COc1ccccc1[C@@H](C)NC(=O)COc1ccc(S(=O)(=O)Nc2ccccc2)cc1Cl. The van der Waals surface area contributed by atoms with E-state index in [1.807, 2.05) is 31.2 Å². The molecule has 0 heterocycles. The molecule has 0 saturated heterocycles. The molecule has 0 unspecified atom stereocenters. The topological polar surface area (TPSA) is 93.7 Å². The third-order valence-electron chi connectivity index (χ3n) is 4.58.